The third-order valence-corrected chi connectivity index (χ3v) is 29.3. The number of Topliss-reactive ketones (excluding diaryl/α,β-unsaturated/α-hetero) is 1. The number of anilines is 3. The maximum absolute atomic E-state index is 13.6. The normalized spacial score (nSPS) is 15.3. The van der Waals surface area contributed by atoms with Crippen LogP contribution >= 0.6 is 0 Å². The fraction of sp³-hybridized carbons (Fsp3) is 0.311. The second kappa shape index (κ2) is 42.4. The third-order valence-electron chi connectivity index (χ3n) is 26.0. The quantitative estimate of drug-likeness (QED) is 0.0354. The van der Waals surface area contributed by atoms with E-state index in [1.54, 1.807) is 57.5 Å². The van der Waals surface area contributed by atoms with E-state index in [1.807, 2.05) is 232 Å². The Labute approximate surface area is 787 Å². The van der Waals surface area contributed by atoms with Gasteiger partial charge in [-0.05, 0) is 232 Å². The second-order valence-electron chi connectivity index (χ2n) is 35.0. The van der Waals surface area contributed by atoms with E-state index in [0.717, 1.165) is 171 Å². The highest BCUT2D eigenvalue weighted by Crippen LogP contribution is 2.52. The van der Waals surface area contributed by atoms with E-state index in [2.05, 4.69) is 35.6 Å². The molecule has 1 saturated heterocycles. The zero-order chi connectivity index (χ0) is 95.0. The zero-order valence-corrected chi connectivity index (χ0v) is 79.3. The van der Waals surface area contributed by atoms with Crippen molar-refractivity contribution in [3.63, 3.8) is 0 Å². The Morgan fingerprint density at radius 1 is 0.440 bits per heavy atom. The van der Waals surface area contributed by atoms with Crippen LogP contribution in [0.2, 0.25) is 0 Å². The molecule has 700 valence electrons. The number of aromatic nitrogens is 4. The molecule has 6 heterocycles. The summed E-state index contributed by atoms with van der Waals surface area (Å²) in [6.07, 6.45) is 15.7. The number of carbonyl (C=O) groups is 5. The van der Waals surface area contributed by atoms with Gasteiger partial charge in [-0.1, -0.05) is 177 Å². The number of amides is 4. The Bertz CT molecular complexity index is 6600. The standard InChI is InChI=1S/C28H28N2O4.C27H30N2O5S.C26H28N2O3S.C25H27N3O4S.2H2/c1-17-18(2)23(29-15-22(17)19-6-5-7-20(12-19)27(32)30(3)4)14-26(31)28(10-11-28)21-8-9-24-25(13-21)34-16-33-24;1-33-23-12-10-22(11-13-23)27(15-17-34-18-16-27)26(30)29-25-5-3-4-24(28-25)21-8-6-20(7-9-21)14-19-35(2,31)32;1-32(30,31)19-16-20-12-14-21(15-13-20)23-10-7-11-24(27-23)28-25(29)26(17-5-6-18-26)22-8-3-2-4-9-22;1-26-33(30,31)21-14-8-18(9-15-21)22-6-5-7-23(27-22)28-24(29)25(16-3-4-17-25)19-10-12-20(32-2)13-11-19;;/h5-9,12-13,15H,10-11,14,16H2,1-4H3;3-13H,14-19H2,1-2H3,(H,28,29,30);2-4,7-15H,5-6,16-19H2,1H3,(H,27,28,29);5-15,26H,3-4,16-17H2,1-2H3,(H,27,28,29);2*1H. The molecule has 28 heteroatoms. The van der Waals surface area contributed by atoms with Gasteiger partial charge in [-0.25, -0.2) is 44.9 Å². The Morgan fingerprint density at radius 2 is 0.866 bits per heavy atom. The van der Waals surface area contributed by atoms with Crippen LogP contribution in [0, 0.1) is 13.8 Å². The Hall–Kier alpha value is -13.1. The number of pyridine rings is 4. The molecule has 134 heavy (non-hydrogen) atoms. The van der Waals surface area contributed by atoms with E-state index in [0.29, 0.717) is 79.8 Å². The summed E-state index contributed by atoms with van der Waals surface area (Å²) in [5, 5.41) is 9.12. The van der Waals surface area contributed by atoms with E-state index in [9.17, 15) is 49.2 Å². The molecular weight excluding hydrogens is 1750 g/mol. The number of hydrogen-bond donors (Lipinski definition) is 4. The van der Waals surface area contributed by atoms with Crippen molar-refractivity contribution < 1.29 is 75.8 Å². The Kier molecular flexibility index (Phi) is 30.7. The van der Waals surface area contributed by atoms with Gasteiger partial charge >= 0.3 is 0 Å². The number of nitrogens with one attached hydrogen (secondary N) is 4. The number of ketones is 1. The van der Waals surface area contributed by atoms with Gasteiger partial charge < -0.3 is 44.5 Å². The summed E-state index contributed by atoms with van der Waals surface area (Å²) in [5.41, 5.74) is 13.8. The minimum Gasteiger partial charge on any atom is -0.497 e. The van der Waals surface area contributed by atoms with Gasteiger partial charge in [0.1, 0.15) is 54.4 Å². The summed E-state index contributed by atoms with van der Waals surface area (Å²) >= 11 is 0. The van der Waals surface area contributed by atoms with Crippen molar-refractivity contribution in [2.45, 2.75) is 137 Å². The zero-order valence-electron chi connectivity index (χ0n) is 76.9. The van der Waals surface area contributed by atoms with Gasteiger partial charge in [-0.15, -0.1) is 0 Å². The average molecular weight is 1870 g/mol. The van der Waals surface area contributed by atoms with Gasteiger partial charge in [0.15, 0.2) is 11.5 Å². The second-order valence-corrected chi connectivity index (χ2v) is 41.4. The molecule has 2 aliphatic heterocycles. The smallest absolute Gasteiger partial charge is 0.253 e. The Morgan fingerprint density at radius 3 is 1.30 bits per heavy atom. The maximum Gasteiger partial charge on any atom is 0.253 e. The molecule has 5 aliphatic rings. The molecule has 25 nitrogen and oxygen atoms in total. The molecule has 3 aliphatic carbocycles. The number of hydrogen-bond acceptors (Lipinski definition) is 20. The van der Waals surface area contributed by atoms with Crippen molar-refractivity contribution >= 4 is 76.6 Å². The van der Waals surface area contributed by atoms with E-state index >= 15 is 0 Å². The first-order valence-corrected chi connectivity index (χ1v) is 50.5. The molecule has 4 fully saturated rings. The van der Waals surface area contributed by atoms with Crippen LogP contribution < -0.4 is 39.6 Å². The molecule has 0 radical (unpaired) electrons. The summed E-state index contributed by atoms with van der Waals surface area (Å²) in [7, 11) is -1.39. The summed E-state index contributed by atoms with van der Waals surface area (Å²) in [5.74, 6) is 4.66. The molecule has 17 rings (SSSR count). The van der Waals surface area contributed by atoms with Crippen LogP contribution in [0.5, 0.6) is 23.0 Å². The number of sulfonamides is 1. The molecule has 3 saturated carbocycles. The Balaban J connectivity index is 0.000000162. The average Bonchev–Trinajstić information content (AvgIpc) is 1.59. The van der Waals surface area contributed by atoms with Gasteiger partial charge in [0, 0.05) is 83.1 Å². The van der Waals surface area contributed by atoms with E-state index in [-0.39, 0.29) is 55.5 Å². The summed E-state index contributed by atoms with van der Waals surface area (Å²) in [6.45, 7) is 5.31. The van der Waals surface area contributed by atoms with Crippen LogP contribution in [-0.2, 0) is 94.5 Å². The van der Waals surface area contributed by atoms with E-state index in [4.69, 9.17) is 28.7 Å². The third kappa shape index (κ3) is 23.2. The highest BCUT2D eigenvalue weighted by molar-refractivity contribution is 7.91. The lowest BCUT2D eigenvalue weighted by atomic mass is 9.73. The predicted octanol–water partition coefficient (Wildman–Crippen LogP) is 18.1. The molecule has 4 N–H and O–H groups in total. The largest absolute Gasteiger partial charge is 0.497 e. The molecule has 0 atom stereocenters. The van der Waals surface area contributed by atoms with Crippen molar-refractivity contribution in [1.29, 1.82) is 0 Å². The van der Waals surface area contributed by atoms with Crippen LogP contribution in [0.4, 0.5) is 17.5 Å². The molecule has 12 aromatic rings. The van der Waals surface area contributed by atoms with Crippen LogP contribution in [0.3, 0.4) is 0 Å². The number of carbonyl (C=O) groups excluding carboxylic acids is 5. The van der Waals surface area contributed by atoms with Gasteiger partial charge in [0.25, 0.3) is 5.91 Å². The number of ether oxygens (including phenoxy) is 5. The first kappa shape index (κ1) is 96.9. The number of methoxy groups -OCH3 is 2. The van der Waals surface area contributed by atoms with Crippen molar-refractivity contribution in [3.05, 3.63) is 311 Å². The van der Waals surface area contributed by atoms with Crippen LogP contribution in [0.25, 0.3) is 44.9 Å². The van der Waals surface area contributed by atoms with Crippen molar-refractivity contribution in [2.24, 2.45) is 0 Å². The molecule has 0 unspecified atom stereocenters. The topological polar surface area (TPSA) is 337 Å². The van der Waals surface area contributed by atoms with Crippen LogP contribution in [0.1, 0.15) is 140 Å². The number of benzene rings is 8. The number of rotatable bonds is 28. The molecule has 0 bridgehead atoms. The molecule has 4 aromatic heterocycles. The summed E-state index contributed by atoms with van der Waals surface area (Å²) in [4.78, 5) is 86.7. The molecular formula is C106H117N9O16S3. The molecule has 0 spiro atoms. The monoisotopic (exact) mass is 1870 g/mol. The van der Waals surface area contributed by atoms with Crippen LogP contribution in [-0.4, -0.2) is 159 Å². The minimum absolute atomic E-state index is 0. The maximum atomic E-state index is 13.6. The fourth-order valence-electron chi connectivity index (χ4n) is 17.8. The lowest BCUT2D eigenvalue weighted by Crippen LogP contribution is -2.45. The van der Waals surface area contributed by atoms with Crippen molar-refractivity contribution in [2.75, 3.05) is 95.3 Å². The first-order valence-electron chi connectivity index (χ1n) is 44.9. The van der Waals surface area contributed by atoms with E-state index in [1.165, 1.54) is 31.7 Å². The number of aryl methyl sites for hydroxylation is 2. The lowest BCUT2D eigenvalue weighted by molar-refractivity contribution is -0.125. The minimum atomic E-state index is -3.50. The molecule has 8 aromatic carbocycles. The predicted molar refractivity (Wildman–Crippen MR) is 526 cm³/mol. The van der Waals surface area contributed by atoms with Gasteiger partial charge in [0.2, 0.25) is 34.5 Å². The first-order chi connectivity index (χ1) is 64.3. The number of sulfone groups is 2. The van der Waals surface area contributed by atoms with Crippen LogP contribution in [0.15, 0.2) is 260 Å². The number of nitrogens with zero attached hydrogens (tertiary/aromatic N) is 5. The SMILES string of the molecule is CNS(=O)(=O)c1ccc(-c2cccc(NC(=O)C3(c4ccc(OC)cc4)CCCC3)n2)cc1.COc1ccc(C2(C(=O)Nc3cccc(-c4ccc(CCS(C)(=O)=O)cc4)n3)CCOCC2)cc1.CS(=O)(=O)CCc1ccc(-c2cccc(NC(=O)C3(c4ccccc4)CCCC3)n2)cc1.Cc1c(-c2cccc(C(=O)N(C)C)c2)cnc(CC(=O)C2(c3ccc4c(c3)OCO4)CC2)c1C.[HH].[HH]. The highest BCUT2D eigenvalue weighted by atomic mass is 32.2. The highest BCUT2D eigenvalue weighted by Gasteiger charge is 2.52. The lowest BCUT2D eigenvalue weighted by Gasteiger charge is -2.36. The van der Waals surface area contributed by atoms with Crippen molar-refractivity contribution in [3.8, 4) is 67.9 Å². The summed E-state index contributed by atoms with van der Waals surface area (Å²) in [6, 6.07) is 77.2. The van der Waals surface area contributed by atoms with E-state index < -0.39 is 51.4 Å². The fourth-order valence-corrected chi connectivity index (χ4v) is 19.7. The van der Waals surface area contributed by atoms with Crippen molar-refractivity contribution in [1.82, 2.24) is 29.6 Å². The van der Waals surface area contributed by atoms with Gasteiger partial charge in [-0.3, -0.25) is 29.0 Å². The number of fused-ring (bicyclic) bond motifs is 1. The van der Waals surface area contributed by atoms with Gasteiger partial charge in [-0.2, -0.15) is 0 Å². The molecule has 4 amide bonds. The van der Waals surface area contributed by atoms with Gasteiger partial charge in [0.05, 0.1) is 75.1 Å². The summed E-state index contributed by atoms with van der Waals surface area (Å²) < 4.78 is 98.8.